The number of hydrogen-bond donors (Lipinski definition) is 2. The van der Waals surface area contributed by atoms with Crippen molar-refractivity contribution in [2.24, 2.45) is 0 Å². The van der Waals surface area contributed by atoms with Crippen molar-refractivity contribution in [3.8, 4) is 5.75 Å². The standard InChI is InChI=1S/C12H16N2O4S/c1-19-7-3-2-6-13-12(16)10-8-9(15)4-5-11(10)14(17)18/h4-5,8,15H,2-3,6-7H2,1H3,(H,13,16). The van der Waals surface area contributed by atoms with Crippen LogP contribution in [-0.4, -0.2) is 34.5 Å². The van der Waals surface area contributed by atoms with Crippen LogP contribution in [0.5, 0.6) is 5.75 Å². The van der Waals surface area contributed by atoms with E-state index in [1.165, 1.54) is 6.07 Å². The Kier molecular flexibility index (Phi) is 6.14. The van der Waals surface area contributed by atoms with Crippen LogP contribution in [0, 0.1) is 10.1 Å². The van der Waals surface area contributed by atoms with E-state index in [0.29, 0.717) is 6.54 Å². The molecule has 0 aliphatic heterocycles. The smallest absolute Gasteiger partial charge is 0.282 e. The molecule has 1 rings (SSSR count). The van der Waals surface area contributed by atoms with Crippen LogP contribution in [0.2, 0.25) is 0 Å². The van der Waals surface area contributed by atoms with Gasteiger partial charge in [0.1, 0.15) is 11.3 Å². The van der Waals surface area contributed by atoms with Gasteiger partial charge in [-0.05, 0) is 37.0 Å². The molecule has 0 spiro atoms. The quantitative estimate of drug-likeness (QED) is 0.455. The minimum Gasteiger partial charge on any atom is -0.508 e. The number of phenolic OH excluding ortho intramolecular Hbond substituents is 1. The molecule has 1 aromatic carbocycles. The molecule has 1 aromatic rings. The molecular weight excluding hydrogens is 268 g/mol. The maximum absolute atomic E-state index is 11.8. The summed E-state index contributed by atoms with van der Waals surface area (Å²) in [7, 11) is 0. The molecule has 0 saturated carbocycles. The first kappa shape index (κ1) is 15.3. The Morgan fingerprint density at radius 1 is 1.47 bits per heavy atom. The maximum Gasteiger partial charge on any atom is 0.282 e. The zero-order valence-electron chi connectivity index (χ0n) is 10.6. The summed E-state index contributed by atoms with van der Waals surface area (Å²) >= 11 is 1.73. The van der Waals surface area contributed by atoms with Crippen LogP contribution in [0.15, 0.2) is 18.2 Å². The summed E-state index contributed by atoms with van der Waals surface area (Å²) in [4.78, 5) is 22.0. The van der Waals surface area contributed by atoms with Gasteiger partial charge in [-0.1, -0.05) is 0 Å². The van der Waals surface area contributed by atoms with E-state index in [9.17, 15) is 20.0 Å². The Labute approximate surface area is 115 Å². The third-order valence-electron chi connectivity index (χ3n) is 2.48. The lowest BCUT2D eigenvalue weighted by molar-refractivity contribution is -0.385. The number of hydrogen-bond acceptors (Lipinski definition) is 5. The van der Waals surface area contributed by atoms with Gasteiger partial charge in [0.2, 0.25) is 0 Å². The summed E-state index contributed by atoms with van der Waals surface area (Å²) in [5, 5.41) is 22.7. The molecule has 0 radical (unpaired) electrons. The van der Waals surface area contributed by atoms with Gasteiger partial charge in [0.15, 0.2) is 0 Å². The number of thioether (sulfide) groups is 1. The number of nitrogens with zero attached hydrogens (tertiary/aromatic N) is 1. The first-order valence-electron chi connectivity index (χ1n) is 5.80. The average Bonchev–Trinajstić information content (AvgIpc) is 2.37. The first-order valence-corrected chi connectivity index (χ1v) is 7.20. The van der Waals surface area contributed by atoms with Gasteiger partial charge in [-0.3, -0.25) is 14.9 Å². The van der Waals surface area contributed by atoms with Crippen molar-refractivity contribution in [1.82, 2.24) is 5.32 Å². The number of nitro benzene ring substituents is 1. The van der Waals surface area contributed by atoms with Gasteiger partial charge in [-0.25, -0.2) is 0 Å². The molecule has 0 aliphatic rings. The lowest BCUT2D eigenvalue weighted by Crippen LogP contribution is -2.25. The van der Waals surface area contributed by atoms with Crippen LogP contribution in [0.25, 0.3) is 0 Å². The highest BCUT2D eigenvalue weighted by atomic mass is 32.2. The second kappa shape index (κ2) is 7.63. The van der Waals surface area contributed by atoms with E-state index in [4.69, 9.17) is 0 Å². The lowest BCUT2D eigenvalue weighted by atomic mass is 10.1. The third kappa shape index (κ3) is 4.78. The molecule has 1 amide bonds. The highest BCUT2D eigenvalue weighted by molar-refractivity contribution is 7.98. The fourth-order valence-electron chi connectivity index (χ4n) is 1.53. The van der Waals surface area contributed by atoms with Crippen molar-refractivity contribution in [2.75, 3.05) is 18.6 Å². The van der Waals surface area contributed by atoms with Crippen molar-refractivity contribution in [1.29, 1.82) is 0 Å². The molecule has 2 N–H and O–H groups in total. The van der Waals surface area contributed by atoms with E-state index in [1.807, 2.05) is 6.26 Å². The first-order chi connectivity index (χ1) is 9.06. The van der Waals surface area contributed by atoms with Gasteiger partial charge in [0.05, 0.1) is 4.92 Å². The van der Waals surface area contributed by atoms with Gasteiger partial charge in [-0.15, -0.1) is 0 Å². The SMILES string of the molecule is CSCCCCNC(=O)c1cc(O)ccc1[N+](=O)[O-]. The Balaban J connectivity index is 2.65. The predicted molar refractivity (Wildman–Crippen MR) is 74.7 cm³/mol. The maximum atomic E-state index is 11.8. The molecule has 0 unspecified atom stereocenters. The van der Waals surface area contributed by atoms with Crippen LogP contribution in [-0.2, 0) is 0 Å². The summed E-state index contributed by atoms with van der Waals surface area (Å²) in [6.07, 6.45) is 3.80. The zero-order chi connectivity index (χ0) is 14.3. The average molecular weight is 284 g/mol. The minimum atomic E-state index is -0.637. The van der Waals surface area contributed by atoms with Crippen molar-refractivity contribution in [3.05, 3.63) is 33.9 Å². The number of nitrogens with one attached hydrogen (secondary N) is 1. The second-order valence-corrected chi connectivity index (χ2v) is 4.90. The van der Waals surface area contributed by atoms with Crippen LogP contribution >= 0.6 is 11.8 Å². The van der Waals surface area contributed by atoms with Gasteiger partial charge in [-0.2, -0.15) is 11.8 Å². The highest BCUT2D eigenvalue weighted by Gasteiger charge is 2.20. The normalized spacial score (nSPS) is 10.2. The summed E-state index contributed by atoms with van der Waals surface area (Å²) in [6, 6.07) is 3.42. The summed E-state index contributed by atoms with van der Waals surface area (Å²) < 4.78 is 0. The zero-order valence-corrected chi connectivity index (χ0v) is 11.4. The van der Waals surface area contributed by atoms with Gasteiger partial charge >= 0.3 is 0 Å². The monoisotopic (exact) mass is 284 g/mol. The van der Waals surface area contributed by atoms with Gasteiger partial charge in [0.25, 0.3) is 11.6 Å². The van der Waals surface area contributed by atoms with E-state index in [0.717, 1.165) is 30.7 Å². The number of carbonyl (C=O) groups excluding carboxylic acids is 1. The lowest BCUT2D eigenvalue weighted by Gasteiger charge is -2.06. The Bertz CT molecular complexity index is 465. The number of rotatable bonds is 7. The molecule has 0 atom stereocenters. The van der Waals surface area contributed by atoms with Gasteiger partial charge < -0.3 is 10.4 Å². The van der Waals surface area contributed by atoms with E-state index in [-0.39, 0.29) is 17.0 Å². The predicted octanol–water partition coefficient (Wildman–Crippen LogP) is 2.17. The summed E-state index contributed by atoms with van der Waals surface area (Å²) in [5.41, 5.74) is -0.422. The molecule has 104 valence electrons. The highest BCUT2D eigenvalue weighted by Crippen LogP contribution is 2.23. The van der Waals surface area contributed by atoms with Crippen molar-refractivity contribution in [2.45, 2.75) is 12.8 Å². The van der Waals surface area contributed by atoms with Crippen LogP contribution < -0.4 is 5.32 Å². The topological polar surface area (TPSA) is 92.5 Å². The van der Waals surface area contributed by atoms with E-state index in [1.54, 1.807) is 11.8 Å². The number of phenols is 1. The number of carbonyl (C=O) groups is 1. The summed E-state index contributed by atoms with van der Waals surface area (Å²) in [6.45, 7) is 0.464. The number of benzene rings is 1. The molecule has 19 heavy (non-hydrogen) atoms. The Morgan fingerprint density at radius 2 is 2.21 bits per heavy atom. The number of unbranched alkanes of at least 4 members (excludes halogenated alkanes) is 1. The van der Waals surface area contributed by atoms with E-state index < -0.39 is 10.8 Å². The van der Waals surface area contributed by atoms with Crippen molar-refractivity contribution in [3.63, 3.8) is 0 Å². The fraction of sp³-hybridized carbons (Fsp3) is 0.417. The number of nitro groups is 1. The van der Waals surface area contributed by atoms with Crippen LogP contribution in [0.1, 0.15) is 23.2 Å². The second-order valence-electron chi connectivity index (χ2n) is 3.91. The fourth-order valence-corrected chi connectivity index (χ4v) is 2.03. The van der Waals surface area contributed by atoms with Crippen molar-refractivity contribution < 1.29 is 14.8 Å². The molecule has 0 bridgehead atoms. The number of aromatic hydroxyl groups is 1. The molecule has 7 heteroatoms. The van der Waals surface area contributed by atoms with Gasteiger partial charge in [0, 0.05) is 12.6 Å². The van der Waals surface area contributed by atoms with Crippen LogP contribution in [0.4, 0.5) is 5.69 Å². The largest absolute Gasteiger partial charge is 0.508 e. The Morgan fingerprint density at radius 3 is 2.84 bits per heavy atom. The van der Waals surface area contributed by atoms with Crippen molar-refractivity contribution >= 4 is 23.4 Å². The molecular formula is C12H16N2O4S. The summed E-state index contributed by atoms with van der Waals surface area (Å²) in [5.74, 6) is 0.312. The van der Waals surface area contributed by atoms with E-state index >= 15 is 0 Å². The number of amides is 1. The van der Waals surface area contributed by atoms with E-state index in [2.05, 4.69) is 5.32 Å². The molecule has 0 heterocycles. The molecule has 6 nitrogen and oxygen atoms in total. The third-order valence-corrected chi connectivity index (χ3v) is 3.18. The minimum absolute atomic E-state index is 0.116. The molecule has 0 aromatic heterocycles. The van der Waals surface area contributed by atoms with Crippen LogP contribution in [0.3, 0.4) is 0 Å². The molecule has 0 aliphatic carbocycles. The molecule has 0 saturated heterocycles. The molecule has 0 fully saturated rings. The Hall–Kier alpha value is -1.76.